The lowest BCUT2D eigenvalue weighted by Crippen LogP contribution is -2.47. The van der Waals surface area contributed by atoms with Gasteiger partial charge in [0.15, 0.2) is 0 Å². The van der Waals surface area contributed by atoms with Crippen LogP contribution in [0.5, 0.6) is 0 Å². The molecule has 0 spiro atoms. The number of rotatable bonds is 12. The van der Waals surface area contributed by atoms with Gasteiger partial charge in [-0.3, -0.25) is 14.3 Å². The zero-order valence-corrected chi connectivity index (χ0v) is 21.2. The first kappa shape index (κ1) is 27.8. The molecule has 11 heteroatoms. The number of anilines is 2. The van der Waals surface area contributed by atoms with Gasteiger partial charge in [0.05, 0.1) is 5.56 Å². The highest BCUT2D eigenvalue weighted by Crippen LogP contribution is 2.31. The van der Waals surface area contributed by atoms with E-state index in [4.69, 9.17) is 0 Å². The summed E-state index contributed by atoms with van der Waals surface area (Å²) >= 11 is 0. The van der Waals surface area contributed by atoms with Crippen molar-refractivity contribution in [2.24, 2.45) is 0 Å². The second-order valence-corrected chi connectivity index (χ2v) is 9.18. The summed E-state index contributed by atoms with van der Waals surface area (Å²) in [5.41, 5.74) is -0.770. The molecule has 0 aliphatic carbocycles. The van der Waals surface area contributed by atoms with E-state index in [1.54, 1.807) is 6.07 Å². The lowest BCUT2D eigenvalue weighted by Gasteiger charge is -2.36. The molecule has 0 bridgehead atoms. The topological polar surface area (TPSA) is 75.4 Å². The largest absolute Gasteiger partial charge is 0.416 e. The first-order chi connectivity index (χ1) is 17.2. The number of aromatic nitrogens is 3. The molecule has 1 aliphatic rings. The Balaban J connectivity index is 1.52. The molecule has 0 amide bonds. The van der Waals surface area contributed by atoms with Crippen LogP contribution in [0.25, 0.3) is 0 Å². The van der Waals surface area contributed by atoms with Crippen LogP contribution in [-0.4, -0.2) is 58.5 Å². The zero-order valence-electron chi connectivity index (χ0n) is 21.2. The molecular weight excluding hydrogens is 473 g/mol. The normalized spacial score (nSPS) is 14.9. The Morgan fingerprint density at radius 1 is 0.944 bits per heavy atom. The lowest BCUT2D eigenvalue weighted by atomic mass is 10.1. The summed E-state index contributed by atoms with van der Waals surface area (Å²) in [7, 11) is 0. The Morgan fingerprint density at radius 2 is 1.64 bits per heavy atom. The summed E-state index contributed by atoms with van der Waals surface area (Å²) < 4.78 is 41.7. The number of nitrogens with one attached hydrogen (secondary N) is 1. The fourth-order valence-electron chi connectivity index (χ4n) is 4.26. The fourth-order valence-corrected chi connectivity index (χ4v) is 4.26. The summed E-state index contributed by atoms with van der Waals surface area (Å²) in [6.45, 7) is 9.05. The van der Waals surface area contributed by atoms with Crippen molar-refractivity contribution in [2.75, 3.05) is 49.5 Å². The summed E-state index contributed by atoms with van der Waals surface area (Å²) in [6, 6.07) is 5.47. The van der Waals surface area contributed by atoms with E-state index in [1.807, 2.05) is 18.7 Å². The molecule has 200 valence electrons. The van der Waals surface area contributed by atoms with Gasteiger partial charge in [-0.2, -0.15) is 13.2 Å². The third kappa shape index (κ3) is 7.35. The minimum atomic E-state index is -4.35. The first-order valence-electron chi connectivity index (χ1n) is 12.8. The van der Waals surface area contributed by atoms with E-state index < -0.39 is 11.7 Å². The van der Waals surface area contributed by atoms with Crippen LogP contribution in [0.2, 0.25) is 0 Å². The predicted octanol–water partition coefficient (Wildman–Crippen LogP) is 3.65. The molecule has 1 aromatic heterocycles. The molecule has 0 saturated carbocycles. The molecule has 1 aromatic carbocycles. The SMILES string of the molecule is CCCCn1nc(NCCCN2CCN(c3cccc(C(F)(F)F)c3)CC2)c(=O)n(CCCC)c1=O. The Bertz CT molecular complexity index is 1090. The van der Waals surface area contributed by atoms with Gasteiger partial charge >= 0.3 is 11.9 Å². The molecule has 36 heavy (non-hydrogen) atoms. The van der Waals surface area contributed by atoms with Gasteiger partial charge in [-0.05, 0) is 44.0 Å². The summed E-state index contributed by atoms with van der Waals surface area (Å²) in [6.07, 6.45) is -0.210. The Kier molecular flexibility index (Phi) is 9.98. The van der Waals surface area contributed by atoms with Crippen LogP contribution in [0.1, 0.15) is 51.5 Å². The van der Waals surface area contributed by atoms with Gasteiger partial charge in [0.2, 0.25) is 5.82 Å². The molecule has 1 fully saturated rings. The van der Waals surface area contributed by atoms with E-state index in [0.717, 1.165) is 57.8 Å². The number of unbranched alkanes of at least 4 members (excludes halogenated alkanes) is 2. The molecule has 1 N–H and O–H groups in total. The van der Waals surface area contributed by atoms with E-state index in [2.05, 4.69) is 15.3 Å². The molecule has 0 atom stereocenters. The maximum Gasteiger partial charge on any atom is 0.416 e. The van der Waals surface area contributed by atoms with Crippen molar-refractivity contribution < 1.29 is 13.2 Å². The first-order valence-corrected chi connectivity index (χ1v) is 12.8. The van der Waals surface area contributed by atoms with Crippen LogP contribution in [0.4, 0.5) is 24.7 Å². The summed E-state index contributed by atoms with van der Waals surface area (Å²) in [5.74, 6) is 0.205. The molecule has 8 nitrogen and oxygen atoms in total. The Hall–Kier alpha value is -2.82. The summed E-state index contributed by atoms with van der Waals surface area (Å²) in [5, 5.41) is 7.41. The Morgan fingerprint density at radius 3 is 2.31 bits per heavy atom. The van der Waals surface area contributed by atoms with E-state index in [1.165, 1.54) is 21.4 Å². The van der Waals surface area contributed by atoms with Crippen molar-refractivity contribution in [2.45, 2.75) is 65.2 Å². The van der Waals surface area contributed by atoms with Gasteiger partial charge in [0, 0.05) is 51.5 Å². The van der Waals surface area contributed by atoms with Gasteiger partial charge in [-0.25, -0.2) is 9.48 Å². The van der Waals surface area contributed by atoms with Crippen LogP contribution in [0.3, 0.4) is 0 Å². The lowest BCUT2D eigenvalue weighted by molar-refractivity contribution is -0.137. The van der Waals surface area contributed by atoms with Crippen LogP contribution >= 0.6 is 0 Å². The van der Waals surface area contributed by atoms with E-state index >= 15 is 0 Å². The molecule has 1 aliphatic heterocycles. The fraction of sp³-hybridized carbons (Fsp3) is 0.640. The third-order valence-corrected chi connectivity index (χ3v) is 6.43. The van der Waals surface area contributed by atoms with Crippen molar-refractivity contribution in [1.82, 2.24) is 19.2 Å². The highest BCUT2D eigenvalue weighted by molar-refractivity contribution is 5.49. The molecule has 1 saturated heterocycles. The second kappa shape index (κ2) is 12.9. The standard InChI is InChI=1S/C25H37F3N6O2/c1-3-5-13-33-23(35)22(30-34(24(33)36)14-6-4-2)29-11-8-12-31-15-17-32(18-16-31)21-10-7-9-20(19-21)25(26,27)28/h7,9-10,19H,3-6,8,11-18H2,1-2H3,(H,29,30). The number of alkyl halides is 3. The van der Waals surface area contributed by atoms with E-state index in [-0.39, 0.29) is 17.1 Å². The number of hydrogen-bond donors (Lipinski definition) is 1. The third-order valence-electron chi connectivity index (χ3n) is 6.43. The number of piperazine rings is 1. The van der Waals surface area contributed by atoms with Gasteiger partial charge in [-0.1, -0.05) is 32.8 Å². The second-order valence-electron chi connectivity index (χ2n) is 9.18. The molecule has 2 heterocycles. The van der Waals surface area contributed by atoms with Gasteiger partial charge in [-0.15, -0.1) is 5.10 Å². The molecule has 0 unspecified atom stereocenters. The molecular formula is C25H37F3N6O2. The molecule has 0 radical (unpaired) electrons. The highest BCUT2D eigenvalue weighted by atomic mass is 19.4. The number of aryl methyl sites for hydroxylation is 1. The number of benzene rings is 1. The maximum atomic E-state index is 13.0. The van der Waals surface area contributed by atoms with Gasteiger partial charge < -0.3 is 10.2 Å². The average molecular weight is 511 g/mol. The van der Waals surface area contributed by atoms with Crippen LogP contribution in [0, 0.1) is 0 Å². The van der Waals surface area contributed by atoms with Gasteiger partial charge in [0.25, 0.3) is 5.56 Å². The van der Waals surface area contributed by atoms with E-state index in [9.17, 15) is 22.8 Å². The van der Waals surface area contributed by atoms with Gasteiger partial charge in [0.1, 0.15) is 0 Å². The summed E-state index contributed by atoms with van der Waals surface area (Å²) in [4.78, 5) is 29.7. The number of nitrogens with zero attached hydrogens (tertiary/aromatic N) is 5. The average Bonchev–Trinajstić information content (AvgIpc) is 2.87. The highest BCUT2D eigenvalue weighted by Gasteiger charge is 2.31. The molecule has 2 aromatic rings. The van der Waals surface area contributed by atoms with Crippen LogP contribution in [0.15, 0.2) is 33.9 Å². The number of halogens is 3. The molecule has 3 rings (SSSR count). The van der Waals surface area contributed by atoms with Crippen molar-refractivity contribution >= 4 is 11.5 Å². The minimum absolute atomic E-state index is 0.205. The Labute approximate surface area is 209 Å². The van der Waals surface area contributed by atoms with E-state index in [0.29, 0.717) is 38.4 Å². The zero-order chi connectivity index (χ0) is 26.1. The van der Waals surface area contributed by atoms with Crippen LogP contribution < -0.4 is 21.5 Å². The van der Waals surface area contributed by atoms with Crippen molar-refractivity contribution in [1.29, 1.82) is 0 Å². The maximum absolute atomic E-state index is 13.0. The minimum Gasteiger partial charge on any atom is -0.369 e. The quantitative estimate of drug-likeness (QED) is 0.440. The van der Waals surface area contributed by atoms with Crippen molar-refractivity contribution in [3.63, 3.8) is 0 Å². The van der Waals surface area contributed by atoms with Crippen molar-refractivity contribution in [3.8, 4) is 0 Å². The number of hydrogen-bond acceptors (Lipinski definition) is 6. The van der Waals surface area contributed by atoms with Crippen LogP contribution in [-0.2, 0) is 19.3 Å². The smallest absolute Gasteiger partial charge is 0.369 e. The van der Waals surface area contributed by atoms with Crippen molar-refractivity contribution in [3.05, 3.63) is 50.7 Å². The monoisotopic (exact) mass is 510 g/mol. The predicted molar refractivity (Wildman–Crippen MR) is 136 cm³/mol.